The van der Waals surface area contributed by atoms with Crippen LogP contribution in [0.3, 0.4) is 0 Å². The first-order valence-electron chi connectivity index (χ1n) is 5.13. The van der Waals surface area contributed by atoms with Gasteiger partial charge in [-0.1, -0.05) is 0 Å². The monoisotopic (exact) mass is 336 g/mol. The molecule has 0 saturated carbocycles. The number of carbonyl (C=O) groups is 1. The predicted octanol–water partition coefficient (Wildman–Crippen LogP) is 0.706. The van der Waals surface area contributed by atoms with Crippen molar-refractivity contribution in [1.29, 1.82) is 0 Å². The molecule has 0 unspecified atom stereocenters. The Morgan fingerprint density at radius 3 is 2.81 bits per heavy atom. The minimum absolute atomic E-state index is 0.0526. The maximum Gasteiger partial charge on any atom is 0.270 e. The van der Waals surface area contributed by atoms with E-state index in [4.69, 9.17) is 0 Å². The van der Waals surface area contributed by atoms with E-state index >= 15 is 0 Å². The first kappa shape index (κ1) is 13.4. The molecule has 0 aliphatic rings. The van der Waals surface area contributed by atoms with Crippen LogP contribution in [-0.4, -0.2) is 47.8 Å². The topological polar surface area (TPSA) is 50.2 Å². The molecule has 0 aromatic carbocycles. The molecule has 6 heteroatoms. The van der Waals surface area contributed by atoms with E-state index in [0.29, 0.717) is 12.2 Å². The van der Waals surface area contributed by atoms with E-state index in [1.807, 2.05) is 14.1 Å². The van der Waals surface area contributed by atoms with Crippen molar-refractivity contribution in [2.75, 3.05) is 27.2 Å². The quantitative estimate of drug-likeness (QED) is 0.636. The lowest BCUT2D eigenvalue weighted by molar-refractivity contribution is 0.0942. The zero-order valence-corrected chi connectivity index (χ0v) is 12.0. The van der Waals surface area contributed by atoms with Gasteiger partial charge in [0.05, 0.1) is 9.77 Å². The van der Waals surface area contributed by atoms with Crippen molar-refractivity contribution in [1.82, 2.24) is 20.0 Å². The molecule has 90 valence electrons. The van der Waals surface area contributed by atoms with Gasteiger partial charge < -0.3 is 10.2 Å². The zero-order valence-electron chi connectivity index (χ0n) is 9.83. The minimum Gasteiger partial charge on any atom is -0.351 e. The molecule has 0 aliphatic heterocycles. The molecule has 0 spiro atoms. The van der Waals surface area contributed by atoms with Crippen LogP contribution in [0.4, 0.5) is 0 Å². The molecular weight excluding hydrogens is 319 g/mol. The molecule has 1 heterocycles. The van der Waals surface area contributed by atoms with Gasteiger partial charge in [0.25, 0.3) is 5.91 Å². The Morgan fingerprint density at radius 2 is 2.31 bits per heavy atom. The Labute approximate surface area is 109 Å². The van der Waals surface area contributed by atoms with Crippen molar-refractivity contribution in [2.45, 2.75) is 6.42 Å². The number of amides is 1. The van der Waals surface area contributed by atoms with Gasteiger partial charge in [0.15, 0.2) is 0 Å². The molecule has 0 fully saturated rings. The first-order chi connectivity index (χ1) is 7.52. The summed E-state index contributed by atoms with van der Waals surface area (Å²) in [6, 6.07) is 0. The molecule has 1 rings (SSSR count). The van der Waals surface area contributed by atoms with E-state index in [0.717, 1.165) is 16.5 Å². The van der Waals surface area contributed by atoms with Crippen LogP contribution in [0.25, 0.3) is 0 Å². The van der Waals surface area contributed by atoms with Gasteiger partial charge in [-0.15, -0.1) is 0 Å². The van der Waals surface area contributed by atoms with E-state index in [1.54, 1.807) is 17.9 Å². The van der Waals surface area contributed by atoms with Gasteiger partial charge in [0.2, 0.25) is 0 Å². The van der Waals surface area contributed by atoms with Gasteiger partial charge in [-0.3, -0.25) is 9.48 Å². The summed E-state index contributed by atoms with van der Waals surface area (Å²) in [6.45, 7) is 1.67. The molecule has 5 nitrogen and oxygen atoms in total. The third-order valence-corrected chi connectivity index (χ3v) is 2.97. The highest BCUT2D eigenvalue weighted by Crippen LogP contribution is 2.09. The van der Waals surface area contributed by atoms with Crippen molar-refractivity contribution < 1.29 is 4.79 Å². The van der Waals surface area contributed by atoms with Gasteiger partial charge in [-0.2, -0.15) is 5.10 Å². The SMILES string of the molecule is CN(C)CCCNC(=O)c1c(I)cnn1C. The minimum atomic E-state index is -0.0526. The van der Waals surface area contributed by atoms with Crippen molar-refractivity contribution in [2.24, 2.45) is 7.05 Å². The van der Waals surface area contributed by atoms with Gasteiger partial charge in [0.1, 0.15) is 5.69 Å². The Balaban J connectivity index is 2.41. The second kappa shape index (κ2) is 6.19. The third-order valence-electron chi connectivity index (χ3n) is 2.18. The van der Waals surface area contributed by atoms with Crippen LogP contribution < -0.4 is 5.32 Å². The fourth-order valence-electron chi connectivity index (χ4n) is 1.35. The molecule has 0 bridgehead atoms. The molecule has 0 atom stereocenters. The molecule has 0 aliphatic carbocycles. The van der Waals surface area contributed by atoms with Crippen molar-refractivity contribution in [3.05, 3.63) is 15.5 Å². The maximum absolute atomic E-state index is 11.8. The number of hydrogen-bond donors (Lipinski definition) is 1. The average molecular weight is 336 g/mol. The lowest BCUT2D eigenvalue weighted by Gasteiger charge is -2.10. The van der Waals surface area contributed by atoms with Gasteiger partial charge >= 0.3 is 0 Å². The van der Waals surface area contributed by atoms with Gasteiger partial charge in [-0.25, -0.2) is 0 Å². The molecule has 1 amide bonds. The van der Waals surface area contributed by atoms with Crippen LogP contribution in [0.2, 0.25) is 0 Å². The normalized spacial score (nSPS) is 10.8. The molecule has 1 aromatic rings. The van der Waals surface area contributed by atoms with Crippen LogP contribution in [0.15, 0.2) is 6.20 Å². The maximum atomic E-state index is 11.8. The number of nitrogens with one attached hydrogen (secondary N) is 1. The molecule has 1 aromatic heterocycles. The molecular formula is C10H17IN4O. The summed E-state index contributed by atoms with van der Waals surface area (Å²) in [7, 11) is 5.81. The summed E-state index contributed by atoms with van der Waals surface area (Å²) in [4.78, 5) is 13.9. The summed E-state index contributed by atoms with van der Waals surface area (Å²) >= 11 is 2.12. The van der Waals surface area contributed by atoms with E-state index in [9.17, 15) is 4.79 Å². The Kier molecular flexibility index (Phi) is 5.20. The highest BCUT2D eigenvalue weighted by atomic mass is 127. The number of rotatable bonds is 5. The van der Waals surface area contributed by atoms with Gasteiger partial charge in [0, 0.05) is 13.6 Å². The fraction of sp³-hybridized carbons (Fsp3) is 0.600. The Bertz CT molecular complexity index is 342. The Hall–Kier alpha value is -0.630. The van der Waals surface area contributed by atoms with Crippen molar-refractivity contribution in [3.63, 3.8) is 0 Å². The number of halogens is 1. The van der Waals surface area contributed by atoms with Crippen LogP contribution >= 0.6 is 22.6 Å². The van der Waals surface area contributed by atoms with Gasteiger partial charge in [-0.05, 0) is 49.7 Å². The molecule has 1 N–H and O–H groups in total. The van der Waals surface area contributed by atoms with Crippen LogP contribution in [0.5, 0.6) is 0 Å². The van der Waals surface area contributed by atoms with Crippen LogP contribution in [0, 0.1) is 3.57 Å². The van der Waals surface area contributed by atoms with E-state index in [1.165, 1.54) is 0 Å². The summed E-state index contributed by atoms with van der Waals surface area (Å²) in [5.41, 5.74) is 0.630. The number of aryl methyl sites for hydroxylation is 1. The van der Waals surface area contributed by atoms with Crippen LogP contribution in [0.1, 0.15) is 16.9 Å². The largest absolute Gasteiger partial charge is 0.351 e. The molecule has 16 heavy (non-hydrogen) atoms. The van der Waals surface area contributed by atoms with E-state index in [-0.39, 0.29) is 5.91 Å². The zero-order chi connectivity index (χ0) is 12.1. The second-order valence-electron chi connectivity index (χ2n) is 3.88. The molecule has 0 radical (unpaired) electrons. The molecule has 0 saturated heterocycles. The standard InChI is InChI=1S/C10H17IN4O/c1-14(2)6-4-5-12-10(16)9-8(11)7-13-15(9)3/h7H,4-6H2,1-3H3,(H,12,16). The summed E-state index contributed by atoms with van der Waals surface area (Å²) in [5.74, 6) is -0.0526. The predicted molar refractivity (Wildman–Crippen MR) is 71.4 cm³/mol. The smallest absolute Gasteiger partial charge is 0.270 e. The third kappa shape index (κ3) is 3.75. The summed E-state index contributed by atoms with van der Waals surface area (Å²) in [5, 5.41) is 6.92. The number of hydrogen-bond acceptors (Lipinski definition) is 3. The number of aromatic nitrogens is 2. The highest BCUT2D eigenvalue weighted by Gasteiger charge is 2.14. The van der Waals surface area contributed by atoms with E-state index < -0.39 is 0 Å². The average Bonchev–Trinajstić information content (AvgIpc) is 2.53. The Morgan fingerprint density at radius 1 is 1.62 bits per heavy atom. The number of carbonyl (C=O) groups excluding carboxylic acids is 1. The van der Waals surface area contributed by atoms with Crippen molar-refractivity contribution >= 4 is 28.5 Å². The highest BCUT2D eigenvalue weighted by molar-refractivity contribution is 14.1. The second-order valence-corrected chi connectivity index (χ2v) is 5.04. The van der Waals surface area contributed by atoms with E-state index in [2.05, 4.69) is 37.9 Å². The lowest BCUT2D eigenvalue weighted by atomic mass is 10.3. The first-order valence-corrected chi connectivity index (χ1v) is 6.20. The fourth-order valence-corrected chi connectivity index (χ4v) is 2.07. The summed E-state index contributed by atoms with van der Waals surface area (Å²) in [6.07, 6.45) is 2.64. The lowest BCUT2D eigenvalue weighted by Crippen LogP contribution is -2.29. The van der Waals surface area contributed by atoms with Crippen LogP contribution in [-0.2, 0) is 7.05 Å². The number of nitrogens with zero attached hydrogens (tertiary/aromatic N) is 3. The summed E-state index contributed by atoms with van der Waals surface area (Å²) < 4.78 is 2.48. The van der Waals surface area contributed by atoms with Crippen molar-refractivity contribution in [3.8, 4) is 0 Å².